The van der Waals surface area contributed by atoms with Crippen LogP contribution in [0.15, 0.2) is 107 Å². The third-order valence-corrected chi connectivity index (χ3v) is 12.5. The van der Waals surface area contributed by atoms with Crippen molar-refractivity contribution >= 4 is 129 Å². The van der Waals surface area contributed by atoms with Crippen molar-refractivity contribution in [2.75, 3.05) is 10.6 Å². The molecule has 15 nitrogen and oxygen atoms in total. The van der Waals surface area contributed by atoms with Gasteiger partial charge in [0.15, 0.2) is 5.65 Å². The van der Waals surface area contributed by atoms with Gasteiger partial charge in [0.25, 0.3) is 0 Å². The molecule has 6 heterocycles. The molecule has 341 valence electrons. The molecule has 8 aromatic rings. The van der Waals surface area contributed by atoms with Crippen LogP contribution in [0.25, 0.3) is 22.7 Å². The number of hydrogen-bond acceptors (Lipinski definition) is 10. The summed E-state index contributed by atoms with van der Waals surface area (Å²) in [5.41, 5.74) is 7.28. The van der Waals surface area contributed by atoms with Crippen molar-refractivity contribution in [2.45, 2.75) is 86.2 Å². The topological polar surface area (TPSA) is 166 Å². The molecular formula is C43H52BrI4N14OV-. The molecule has 6 aromatic heterocycles. The van der Waals surface area contributed by atoms with Gasteiger partial charge in [-0.25, -0.2) is 19.1 Å². The van der Waals surface area contributed by atoms with E-state index in [2.05, 4.69) is 209 Å². The van der Waals surface area contributed by atoms with E-state index in [1.54, 1.807) is 27.6 Å². The van der Waals surface area contributed by atoms with Gasteiger partial charge in [-0.15, -0.1) is 0 Å². The maximum atomic E-state index is 12.0. The average Bonchev–Trinajstić information content (AvgIpc) is 4.10. The van der Waals surface area contributed by atoms with Crippen molar-refractivity contribution in [3.8, 4) is 11.4 Å². The van der Waals surface area contributed by atoms with Crippen molar-refractivity contribution in [2.24, 2.45) is 0 Å². The molecule has 2 aromatic carbocycles. The molecule has 0 unspecified atom stereocenters. The number of para-hydroxylation sites is 2. The number of alkyl halides is 3. The van der Waals surface area contributed by atoms with Crippen LogP contribution in [0, 0.1) is 4.43 Å². The van der Waals surface area contributed by atoms with E-state index in [1.165, 1.54) is 12.8 Å². The molecule has 64 heavy (non-hydrogen) atoms. The summed E-state index contributed by atoms with van der Waals surface area (Å²) in [4.78, 5) is 27.7. The van der Waals surface area contributed by atoms with Crippen LogP contribution in [0.3, 0.4) is 0 Å². The van der Waals surface area contributed by atoms with E-state index in [4.69, 9.17) is 0 Å². The fourth-order valence-corrected chi connectivity index (χ4v) is 6.12. The average molecular weight is 1420 g/mol. The molecule has 0 aliphatic rings. The molecule has 0 saturated heterocycles. The molecule has 0 amide bonds. The Bertz CT molecular complexity index is 2660. The Hall–Kier alpha value is -2.66. The van der Waals surface area contributed by atoms with Crippen molar-refractivity contribution in [1.82, 2.24) is 58.7 Å². The van der Waals surface area contributed by atoms with Gasteiger partial charge in [-0.3, -0.25) is 9.41 Å². The zero-order valence-electron chi connectivity index (χ0n) is 35.5. The second kappa shape index (κ2) is 27.2. The second-order valence-electron chi connectivity index (χ2n) is 14.1. The van der Waals surface area contributed by atoms with Crippen LogP contribution >= 0.6 is 106 Å². The summed E-state index contributed by atoms with van der Waals surface area (Å²) in [5.74, 6) is 1.64. The number of aromatic amines is 1. The molecule has 0 atom stereocenters. The third-order valence-electron chi connectivity index (χ3n) is 8.96. The smallest absolute Gasteiger partial charge is 0.349 e. The van der Waals surface area contributed by atoms with Gasteiger partial charge in [-0.2, -0.15) is 45.8 Å². The van der Waals surface area contributed by atoms with E-state index in [0.717, 1.165) is 39.3 Å². The predicted octanol–water partition coefficient (Wildman–Crippen LogP) is 12.1. The molecule has 0 bridgehead atoms. The first-order valence-corrected chi connectivity index (χ1v) is 25.0. The molecule has 1 radical (unpaired) electrons. The first-order chi connectivity index (χ1) is 29.7. The van der Waals surface area contributed by atoms with Gasteiger partial charge < -0.3 is 33.2 Å². The summed E-state index contributed by atoms with van der Waals surface area (Å²) < 4.78 is 10.1. The van der Waals surface area contributed by atoms with Crippen molar-refractivity contribution in [3.63, 3.8) is 0 Å². The Labute approximate surface area is 449 Å². The summed E-state index contributed by atoms with van der Waals surface area (Å²) in [6.07, 6.45) is 13.4. The summed E-state index contributed by atoms with van der Waals surface area (Å²) in [7, 11) is 0. The summed E-state index contributed by atoms with van der Waals surface area (Å²) in [6.45, 7) is 13.7. The van der Waals surface area contributed by atoms with Gasteiger partial charge in [0, 0.05) is 67.6 Å². The van der Waals surface area contributed by atoms with E-state index in [0.29, 0.717) is 40.7 Å². The minimum absolute atomic E-state index is 0. The summed E-state index contributed by atoms with van der Waals surface area (Å²) in [6, 6.07) is 19.9. The summed E-state index contributed by atoms with van der Waals surface area (Å²) >= 11 is 12.9. The van der Waals surface area contributed by atoms with Gasteiger partial charge in [0.05, 0.1) is 23.8 Å². The van der Waals surface area contributed by atoms with Crippen LogP contribution in [-0.2, 0) is 31.6 Å². The Morgan fingerprint density at radius 2 is 1.20 bits per heavy atom. The number of H-pyrrole nitrogens is 1. The van der Waals surface area contributed by atoms with Crippen LogP contribution in [0.2, 0.25) is 0 Å². The number of nitrogens with zero attached hydrogens (tertiary/aromatic N) is 11. The first kappa shape index (κ1) is 55.7. The Balaban J connectivity index is 0.000000274. The van der Waals surface area contributed by atoms with Crippen LogP contribution in [0.1, 0.15) is 95.9 Å². The van der Waals surface area contributed by atoms with E-state index < -0.39 is 5.69 Å². The Morgan fingerprint density at radius 1 is 0.734 bits per heavy atom. The molecule has 0 aliphatic carbocycles. The Kier molecular flexibility index (Phi) is 23.7. The van der Waals surface area contributed by atoms with Crippen LogP contribution in [0.5, 0.6) is 0 Å². The van der Waals surface area contributed by atoms with Gasteiger partial charge in [-0.1, -0.05) is 153 Å². The molecule has 3 N–H and O–H groups in total. The molecule has 0 aliphatic heterocycles. The van der Waals surface area contributed by atoms with Crippen LogP contribution in [0.4, 0.5) is 11.9 Å². The molecule has 0 saturated carbocycles. The number of aromatic nitrogens is 12. The van der Waals surface area contributed by atoms with Crippen molar-refractivity contribution in [3.05, 3.63) is 140 Å². The van der Waals surface area contributed by atoms with Gasteiger partial charge in [0.1, 0.15) is 5.08 Å². The number of hydrogen-bond donors (Lipinski definition) is 3. The van der Waals surface area contributed by atoms with E-state index >= 15 is 0 Å². The molecule has 8 rings (SSSR count). The SMILES string of the molecule is C.CC(C)c1cnn2c(NCc3ccccc3-n3cccn3)nc(=O)[nH]c12.CC(C)c1cnn2c(NCc3ccccc3-n3cccn3)nc(Br)nc12.CCC(I)(I)I.CC[CH-]I.[V]. The van der Waals surface area contributed by atoms with Crippen molar-refractivity contribution in [1.29, 1.82) is 0 Å². The number of nitrogens with one attached hydrogen (secondary N) is 3. The number of anilines is 2. The number of fused-ring (bicyclic) bond motifs is 2. The van der Waals surface area contributed by atoms with Crippen LogP contribution in [-0.4, -0.2) is 58.2 Å². The largest absolute Gasteiger partial charge is 0.350 e. The molecular weight excluding hydrogens is 1370 g/mol. The van der Waals surface area contributed by atoms with Gasteiger partial charge in [0.2, 0.25) is 16.6 Å². The van der Waals surface area contributed by atoms with Gasteiger partial charge >= 0.3 is 5.69 Å². The predicted molar refractivity (Wildman–Crippen MR) is 292 cm³/mol. The van der Waals surface area contributed by atoms with Crippen molar-refractivity contribution < 1.29 is 18.6 Å². The fraction of sp³-hybridized carbons (Fsp3) is 0.326. The zero-order valence-corrected chi connectivity index (χ0v) is 47.1. The maximum absolute atomic E-state index is 12.0. The maximum Gasteiger partial charge on any atom is 0.349 e. The normalized spacial score (nSPS) is 10.8. The minimum atomic E-state index is -0.400. The van der Waals surface area contributed by atoms with E-state index in [1.807, 2.05) is 82.6 Å². The molecule has 21 heteroatoms. The fourth-order valence-electron chi connectivity index (χ4n) is 5.79. The number of rotatable bonds is 12. The molecule has 0 fully saturated rings. The standard InChI is InChI=1S/C18H18BrN7.C18H19N7O.C3H5I3.C3H6I.CH4.V/c1-12(2)14-11-22-26-16(14)23-17(19)24-18(26)20-10-13-6-3-4-7-15(13)25-9-5-8-21-25;1-12(2)14-11-21-25-16(14)22-18(26)23-17(25)19-10-13-6-3-4-7-15(13)24-9-5-8-20-24;1-2-3(4,5)6;1-2-3-4;;/h3-9,11-12H,10H2,1-2H3,(H,20,23,24);3-9,11-12H,10H2,1-2H3,(H2,19,22,23,26);2H2,1H3;3H,2H2,1H3;1H4;/q;;;-1;;. The zero-order chi connectivity index (χ0) is 44.8. The quantitative estimate of drug-likeness (QED) is 0.0609. The molecule has 0 spiro atoms. The number of benzene rings is 2. The van der Waals surface area contributed by atoms with Gasteiger partial charge in [-0.05, 0) is 69.6 Å². The van der Waals surface area contributed by atoms with E-state index in [9.17, 15) is 4.79 Å². The first-order valence-electron chi connectivity index (χ1n) is 19.8. The second-order valence-corrected chi connectivity index (χ2v) is 27.4. The number of halogens is 5. The third kappa shape index (κ3) is 15.7. The van der Waals surface area contributed by atoms with Crippen LogP contribution < -0.4 is 16.3 Å². The monoisotopic (exact) mass is 1420 g/mol. The minimum Gasteiger partial charge on any atom is -0.350 e. The Morgan fingerprint density at radius 3 is 1.66 bits per heavy atom. The summed E-state index contributed by atoms with van der Waals surface area (Å²) in [5, 5.41) is 24.0. The van der Waals surface area contributed by atoms with E-state index in [-0.39, 0.29) is 31.9 Å².